The van der Waals surface area contributed by atoms with Crippen LogP contribution in [0, 0.1) is 0 Å². The topological polar surface area (TPSA) is 49.8 Å². The minimum atomic E-state index is -0.678. The molecule has 0 aliphatic carbocycles. The van der Waals surface area contributed by atoms with Crippen molar-refractivity contribution >= 4 is 22.0 Å². The van der Waals surface area contributed by atoms with Crippen molar-refractivity contribution in [1.82, 2.24) is 4.90 Å². The van der Waals surface area contributed by atoms with Crippen LogP contribution in [-0.2, 0) is 4.74 Å². The van der Waals surface area contributed by atoms with E-state index in [1.807, 2.05) is 24.3 Å². The summed E-state index contributed by atoms with van der Waals surface area (Å²) in [6.45, 7) is 1.23. The highest BCUT2D eigenvalue weighted by Crippen LogP contribution is 2.20. The highest BCUT2D eigenvalue weighted by molar-refractivity contribution is 9.10. The molecule has 1 aromatic rings. The summed E-state index contributed by atoms with van der Waals surface area (Å²) >= 11 is 3.34. The molecule has 0 spiro atoms. The number of aliphatic hydroxyl groups excluding tert-OH is 1. The second-order valence-corrected chi connectivity index (χ2v) is 4.55. The lowest BCUT2D eigenvalue weighted by Gasteiger charge is -2.17. The first kappa shape index (κ1) is 11.4. The highest BCUT2D eigenvalue weighted by Gasteiger charge is 2.24. The molecule has 1 atom stereocenters. The lowest BCUT2D eigenvalue weighted by atomic mass is 10.1. The van der Waals surface area contributed by atoms with Crippen LogP contribution in [0.2, 0.25) is 0 Å². The number of benzene rings is 1. The Morgan fingerprint density at radius 1 is 1.56 bits per heavy atom. The van der Waals surface area contributed by atoms with Gasteiger partial charge < -0.3 is 14.7 Å². The third kappa shape index (κ3) is 2.54. The summed E-state index contributed by atoms with van der Waals surface area (Å²) in [4.78, 5) is 12.7. The van der Waals surface area contributed by atoms with E-state index in [-0.39, 0.29) is 12.6 Å². The van der Waals surface area contributed by atoms with E-state index < -0.39 is 6.10 Å². The number of ether oxygens (including phenoxy) is 1. The van der Waals surface area contributed by atoms with E-state index in [1.165, 1.54) is 4.90 Å². The van der Waals surface area contributed by atoms with Gasteiger partial charge in [-0.05, 0) is 17.7 Å². The van der Waals surface area contributed by atoms with Crippen molar-refractivity contribution in [2.45, 2.75) is 6.10 Å². The lowest BCUT2D eigenvalue weighted by molar-refractivity contribution is 0.118. The summed E-state index contributed by atoms with van der Waals surface area (Å²) in [6, 6.07) is 7.41. The summed E-state index contributed by atoms with van der Waals surface area (Å²) < 4.78 is 5.70. The Labute approximate surface area is 102 Å². The van der Waals surface area contributed by atoms with E-state index in [0.717, 1.165) is 10.0 Å². The number of hydrogen-bond acceptors (Lipinski definition) is 3. The molecule has 86 valence electrons. The van der Waals surface area contributed by atoms with E-state index in [2.05, 4.69) is 15.9 Å². The summed E-state index contributed by atoms with van der Waals surface area (Å²) in [7, 11) is 0. The van der Waals surface area contributed by atoms with E-state index in [4.69, 9.17) is 4.74 Å². The average molecular weight is 286 g/mol. The van der Waals surface area contributed by atoms with Crippen LogP contribution in [0.25, 0.3) is 0 Å². The highest BCUT2D eigenvalue weighted by atomic mass is 79.9. The van der Waals surface area contributed by atoms with Crippen molar-refractivity contribution < 1.29 is 14.6 Å². The van der Waals surface area contributed by atoms with Crippen molar-refractivity contribution in [3.8, 4) is 0 Å². The molecule has 5 heteroatoms. The van der Waals surface area contributed by atoms with Gasteiger partial charge in [0.25, 0.3) is 0 Å². The minimum Gasteiger partial charge on any atom is -0.448 e. The molecule has 1 unspecified atom stereocenters. The zero-order chi connectivity index (χ0) is 11.5. The molecule has 0 radical (unpaired) electrons. The maximum Gasteiger partial charge on any atom is 0.410 e. The first-order valence-electron chi connectivity index (χ1n) is 5.02. The molecule has 1 aliphatic rings. The molecule has 4 nitrogen and oxygen atoms in total. The van der Waals surface area contributed by atoms with E-state index in [0.29, 0.717) is 13.2 Å². The number of aliphatic hydroxyl groups is 1. The largest absolute Gasteiger partial charge is 0.448 e. The molecule has 0 bridgehead atoms. The van der Waals surface area contributed by atoms with Crippen LogP contribution < -0.4 is 0 Å². The van der Waals surface area contributed by atoms with Crippen LogP contribution in [0.1, 0.15) is 11.7 Å². The van der Waals surface area contributed by atoms with Crippen LogP contribution in [0.5, 0.6) is 0 Å². The number of β-amino-alcohol motifs (C(OH)–C–C–N with tert-alkyl or cyclic N) is 1. The van der Waals surface area contributed by atoms with Crippen molar-refractivity contribution in [2.75, 3.05) is 19.7 Å². The monoisotopic (exact) mass is 285 g/mol. The molecular formula is C11H12BrNO3. The predicted octanol–water partition coefficient (Wildman–Crippen LogP) is 1.93. The average Bonchev–Trinajstić information content (AvgIpc) is 2.64. The number of cyclic esters (lactones) is 1. The SMILES string of the molecule is O=C1OCCN1CC(O)c1cccc(Br)c1. The number of carbonyl (C=O) groups is 1. The Kier molecular flexibility index (Phi) is 3.46. The number of hydrogen-bond donors (Lipinski definition) is 1. The molecule has 1 heterocycles. The van der Waals surface area contributed by atoms with Crippen molar-refractivity contribution in [1.29, 1.82) is 0 Å². The van der Waals surface area contributed by atoms with Gasteiger partial charge in [0.1, 0.15) is 6.61 Å². The standard InChI is InChI=1S/C11H12BrNO3/c12-9-3-1-2-8(6-9)10(14)7-13-4-5-16-11(13)15/h1-3,6,10,14H,4-5,7H2. The van der Waals surface area contributed by atoms with Crippen LogP contribution in [0.4, 0.5) is 4.79 Å². The van der Waals surface area contributed by atoms with Crippen LogP contribution in [-0.4, -0.2) is 35.8 Å². The Morgan fingerprint density at radius 3 is 3.00 bits per heavy atom. The Morgan fingerprint density at radius 2 is 2.38 bits per heavy atom. The molecular weight excluding hydrogens is 274 g/mol. The van der Waals surface area contributed by atoms with Crippen molar-refractivity contribution in [3.05, 3.63) is 34.3 Å². The number of amides is 1. The van der Waals surface area contributed by atoms with E-state index in [9.17, 15) is 9.90 Å². The van der Waals surface area contributed by atoms with Crippen molar-refractivity contribution in [3.63, 3.8) is 0 Å². The third-order valence-electron chi connectivity index (χ3n) is 2.47. The van der Waals surface area contributed by atoms with Gasteiger partial charge in [0.05, 0.1) is 19.2 Å². The molecule has 1 saturated heterocycles. The summed E-state index contributed by atoms with van der Waals surface area (Å²) in [5, 5.41) is 9.95. The van der Waals surface area contributed by atoms with Gasteiger partial charge in [-0.1, -0.05) is 28.1 Å². The second kappa shape index (κ2) is 4.84. The van der Waals surface area contributed by atoms with Crippen LogP contribution in [0.3, 0.4) is 0 Å². The van der Waals surface area contributed by atoms with E-state index >= 15 is 0 Å². The Bertz CT molecular complexity index is 397. The van der Waals surface area contributed by atoms with Crippen LogP contribution >= 0.6 is 15.9 Å². The molecule has 0 aromatic heterocycles. The van der Waals surface area contributed by atoms with Gasteiger partial charge >= 0.3 is 6.09 Å². The molecule has 2 rings (SSSR count). The first-order chi connectivity index (χ1) is 7.66. The van der Waals surface area contributed by atoms with Gasteiger partial charge in [-0.25, -0.2) is 4.79 Å². The van der Waals surface area contributed by atoms with Gasteiger partial charge in [0.15, 0.2) is 0 Å². The molecule has 1 N–H and O–H groups in total. The number of carbonyl (C=O) groups excluding carboxylic acids is 1. The second-order valence-electron chi connectivity index (χ2n) is 3.63. The summed E-state index contributed by atoms with van der Waals surface area (Å²) in [5.74, 6) is 0. The first-order valence-corrected chi connectivity index (χ1v) is 5.81. The molecule has 1 aromatic carbocycles. The minimum absolute atomic E-state index is 0.273. The number of halogens is 1. The fourth-order valence-corrected chi connectivity index (χ4v) is 2.04. The van der Waals surface area contributed by atoms with Crippen LogP contribution in [0.15, 0.2) is 28.7 Å². The molecule has 0 saturated carbocycles. The normalized spacial score (nSPS) is 17.4. The maximum absolute atomic E-state index is 11.2. The third-order valence-corrected chi connectivity index (χ3v) is 2.96. The zero-order valence-electron chi connectivity index (χ0n) is 8.60. The van der Waals surface area contributed by atoms with Gasteiger partial charge in [-0.15, -0.1) is 0 Å². The fraction of sp³-hybridized carbons (Fsp3) is 0.364. The number of nitrogens with zero attached hydrogens (tertiary/aromatic N) is 1. The smallest absolute Gasteiger partial charge is 0.410 e. The molecule has 1 amide bonds. The summed E-state index contributed by atoms with van der Waals surface area (Å²) in [5.41, 5.74) is 0.786. The summed E-state index contributed by atoms with van der Waals surface area (Å²) in [6.07, 6.45) is -1.03. The van der Waals surface area contributed by atoms with Gasteiger partial charge in [-0.2, -0.15) is 0 Å². The van der Waals surface area contributed by atoms with E-state index in [1.54, 1.807) is 0 Å². The molecule has 1 fully saturated rings. The predicted molar refractivity (Wildman–Crippen MR) is 62.0 cm³/mol. The Hall–Kier alpha value is -1.07. The van der Waals surface area contributed by atoms with Gasteiger partial charge in [-0.3, -0.25) is 0 Å². The maximum atomic E-state index is 11.2. The lowest BCUT2D eigenvalue weighted by Crippen LogP contribution is -2.29. The van der Waals surface area contributed by atoms with Crippen molar-refractivity contribution in [2.24, 2.45) is 0 Å². The van der Waals surface area contributed by atoms with Gasteiger partial charge in [0, 0.05) is 4.47 Å². The number of rotatable bonds is 3. The molecule has 1 aliphatic heterocycles. The Balaban J connectivity index is 2.02. The quantitative estimate of drug-likeness (QED) is 0.923. The fourth-order valence-electron chi connectivity index (χ4n) is 1.62. The molecule has 16 heavy (non-hydrogen) atoms. The van der Waals surface area contributed by atoms with Gasteiger partial charge in [0.2, 0.25) is 0 Å². The zero-order valence-corrected chi connectivity index (χ0v) is 10.2.